The van der Waals surface area contributed by atoms with Gasteiger partial charge in [0.05, 0.1) is 11.0 Å². The van der Waals surface area contributed by atoms with E-state index in [1.165, 1.54) is 0 Å². The molecule has 2 rings (SSSR count). The number of carboxylic acid groups (broad SMARTS) is 1. The SMILES string of the molecule is CC1(C(=O)O)CCC[C@@]2(C)O[C@H]12. The maximum Gasteiger partial charge on any atom is 0.312 e. The van der Waals surface area contributed by atoms with E-state index >= 15 is 0 Å². The Labute approximate surface area is 71.7 Å². The first kappa shape index (κ1) is 8.05. The van der Waals surface area contributed by atoms with Crippen molar-refractivity contribution in [3.05, 3.63) is 0 Å². The molecule has 3 nitrogen and oxygen atoms in total. The fraction of sp³-hybridized carbons (Fsp3) is 0.889. The third-order valence-electron chi connectivity index (χ3n) is 3.32. The maximum atomic E-state index is 11.0. The summed E-state index contributed by atoms with van der Waals surface area (Å²) in [4.78, 5) is 11.0. The summed E-state index contributed by atoms with van der Waals surface area (Å²) in [6, 6.07) is 0. The number of hydrogen-bond donors (Lipinski definition) is 1. The van der Waals surface area contributed by atoms with Crippen molar-refractivity contribution in [2.75, 3.05) is 0 Å². The van der Waals surface area contributed by atoms with Gasteiger partial charge >= 0.3 is 5.97 Å². The summed E-state index contributed by atoms with van der Waals surface area (Å²) in [5.41, 5.74) is -0.752. The standard InChI is InChI=1S/C9H14O3/c1-8(7(10)11)4-3-5-9(2)6(8)12-9/h6H,3-5H2,1-2H3,(H,10,11)/t6-,8?,9-/m1/s1. The number of fused-ring (bicyclic) bond motifs is 1. The third-order valence-corrected chi connectivity index (χ3v) is 3.32. The molecule has 1 saturated heterocycles. The van der Waals surface area contributed by atoms with E-state index in [1.54, 1.807) is 6.92 Å². The van der Waals surface area contributed by atoms with Crippen LogP contribution in [0.15, 0.2) is 0 Å². The van der Waals surface area contributed by atoms with Crippen molar-refractivity contribution >= 4 is 5.97 Å². The van der Waals surface area contributed by atoms with Crippen LogP contribution in [-0.2, 0) is 9.53 Å². The highest BCUT2D eigenvalue weighted by atomic mass is 16.6. The first-order chi connectivity index (χ1) is 5.49. The molecule has 1 N–H and O–H groups in total. The quantitative estimate of drug-likeness (QED) is 0.605. The molecular weight excluding hydrogens is 156 g/mol. The number of carboxylic acids is 1. The third kappa shape index (κ3) is 0.829. The second-order valence-electron chi connectivity index (χ2n) is 4.39. The lowest BCUT2D eigenvalue weighted by Gasteiger charge is -2.28. The molecule has 68 valence electrons. The highest BCUT2D eigenvalue weighted by Crippen LogP contribution is 2.56. The van der Waals surface area contributed by atoms with Gasteiger partial charge in [0, 0.05) is 0 Å². The number of hydrogen-bond acceptors (Lipinski definition) is 2. The lowest BCUT2D eigenvalue weighted by molar-refractivity contribution is -0.150. The highest BCUT2D eigenvalue weighted by molar-refractivity contribution is 5.76. The number of epoxide rings is 1. The normalized spacial score (nSPS) is 51.3. The van der Waals surface area contributed by atoms with Crippen molar-refractivity contribution in [3.8, 4) is 0 Å². The van der Waals surface area contributed by atoms with Crippen LogP contribution in [0.2, 0.25) is 0 Å². The van der Waals surface area contributed by atoms with Gasteiger partial charge in [-0.2, -0.15) is 0 Å². The molecular formula is C9H14O3. The van der Waals surface area contributed by atoms with E-state index in [0.29, 0.717) is 0 Å². The molecule has 0 amide bonds. The average Bonchev–Trinajstić information content (AvgIpc) is 2.63. The smallest absolute Gasteiger partial charge is 0.312 e. The Hall–Kier alpha value is -0.570. The molecule has 0 aromatic rings. The van der Waals surface area contributed by atoms with Crippen LogP contribution in [0.5, 0.6) is 0 Å². The van der Waals surface area contributed by atoms with E-state index in [0.717, 1.165) is 19.3 Å². The van der Waals surface area contributed by atoms with Gasteiger partial charge in [-0.25, -0.2) is 0 Å². The van der Waals surface area contributed by atoms with E-state index in [9.17, 15) is 4.79 Å². The van der Waals surface area contributed by atoms with Crippen molar-refractivity contribution in [3.63, 3.8) is 0 Å². The van der Waals surface area contributed by atoms with Crippen molar-refractivity contribution in [1.82, 2.24) is 0 Å². The molecule has 2 aliphatic rings. The largest absolute Gasteiger partial charge is 0.481 e. The Morgan fingerprint density at radius 1 is 1.50 bits per heavy atom. The summed E-state index contributed by atoms with van der Waals surface area (Å²) in [5, 5.41) is 9.03. The van der Waals surface area contributed by atoms with Crippen molar-refractivity contribution < 1.29 is 14.6 Å². The molecule has 0 aromatic carbocycles. The minimum Gasteiger partial charge on any atom is -0.481 e. The zero-order valence-corrected chi connectivity index (χ0v) is 7.46. The first-order valence-electron chi connectivity index (χ1n) is 4.40. The summed E-state index contributed by atoms with van der Waals surface area (Å²) >= 11 is 0. The van der Waals surface area contributed by atoms with Gasteiger partial charge in [-0.15, -0.1) is 0 Å². The fourth-order valence-corrected chi connectivity index (χ4v) is 2.39. The summed E-state index contributed by atoms with van der Waals surface area (Å²) in [6.07, 6.45) is 2.69. The van der Waals surface area contributed by atoms with E-state index in [1.807, 2.05) is 6.92 Å². The van der Waals surface area contributed by atoms with Crippen LogP contribution >= 0.6 is 0 Å². The number of ether oxygens (including phenoxy) is 1. The Morgan fingerprint density at radius 3 is 2.67 bits per heavy atom. The van der Waals surface area contributed by atoms with Gasteiger partial charge in [0.25, 0.3) is 0 Å². The van der Waals surface area contributed by atoms with Crippen molar-refractivity contribution in [2.45, 2.75) is 44.8 Å². The number of carbonyl (C=O) groups is 1. The van der Waals surface area contributed by atoms with Gasteiger partial charge in [-0.1, -0.05) is 0 Å². The van der Waals surface area contributed by atoms with E-state index in [-0.39, 0.29) is 11.7 Å². The summed E-state index contributed by atoms with van der Waals surface area (Å²) in [7, 11) is 0. The zero-order valence-electron chi connectivity index (χ0n) is 7.46. The average molecular weight is 170 g/mol. The highest BCUT2D eigenvalue weighted by Gasteiger charge is 2.66. The maximum absolute atomic E-state index is 11.0. The van der Waals surface area contributed by atoms with Crippen LogP contribution in [0.4, 0.5) is 0 Å². The van der Waals surface area contributed by atoms with Gasteiger partial charge in [0.1, 0.15) is 6.10 Å². The van der Waals surface area contributed by atoms with Gasteiger partial charge < -0.3 is 9.84 Å². The van der Waals surface area contributed by atoms with Crippen LogP contribution in [0, 0.1) is 5.41 Å². The predicted octanol–water partition coefficient (Wildman–Crippen LogP) is 1.42. The van der Waals surface area contributed by atoms with Crippen molar-refractivity contribution in [1.29, 1.82) is 0 Å². The minimum absolute atomic E-state index is 0.0451. The van der Waals surface area contributed by atoms with E-state index in [4.69, 9.17) is 9.84 Å². The Morgan fingerprint density at radius 2 is 2.17 bits per heavy atom. The van der Waals surface area contributed by atoms with Crippen LogP contribution in [-0.4, -0.2) is 22.8 Å². The molecule has 0 aromatic heterocycles. The molecule has 3 atom stereocenters. The molecule has 3 heteroatoms. The lowest BCUT2D eigenvalue weighted by atomic mass is 9.71. The molecule has 1 aliphatic heterocycles. The van der Waals surface area contributed by atoms with Gasteiger partial charge in [0.2, 0.25) is 0 Å². The number of rotatable bonds is 1. The van der Waals surface area contributed by atoms with Crippen LogP contribution in [0.3, 0.4) is 0 Å². The van der Waals surface area contributed by atoms with E-state index < -0.39 is 11.4 Å². The van der Waals surface area contributed by atoms with Crippen molar-refractivity contribution in [2.24, 2.45) is 5.41 Å². The molecule has 0 radical (unpaired) electrons. The van der Waals surface area contributed by atoms with Crippen LogP contribution in [0.1, 0.15) is 33.1 Å². The Bertz CT molecular complexity index is 238. The van der Waals surface area contributed by atoms with E-state index in [2.05, 4.69) is 0 Å². The summed E-state index contributed by atoms with van der Waals surface area (Å²) in [6.45, 7) is 3.81. The van der Waals surface area contributed by atoms with Gasteiger partial charge in [-0.3, -0.25) is 4.79 Å². The molecule has 1 aliphatic carbocycles. The van der Waals surface area contributed by atoms with Crippen LogP contribution in [0.25, 0.3) is 0 Å². The topological polar surface area (TPSA) is 49.8 Å². The van der Waals surface area contributed by atoms with Gasteiger partial charge in [-0.05, 0) is 33.1 Å². The zero-order chi connectivity index (χ0) is 8.98. The second kappa shape index (κ2) is 2.02. The fourth-order valence-electron chi connectivity index (χ4n) is 2.39. The molecule has 1 heterocycles. The first-order valence-corrected chi connectivity index (χ1v) is 4.40. The lowest BCUT2D eigenvalue weighted by Crippen LogP contribution is -2.39. The molecule has 0 spiro atoms. The molecule has 1 unspecified atom stereocenters. The van der Waals surface area contributed by atoms with Crippen LogP contribution < -0.4 is 0 Å². The molecule has 2 fully saturated rings. The second-order valence-corrected chi connectivity index (χ2v) is 4.39. The Kier molecular flexibility index (Phi) is 1.35. The predicted molar refractivity (Wildman–Crippen MR) is 42.9 cm³/mol. The molecule has 12 heavy (non-hydrogen) atoms. The van der Waals surface area contributed by atoms with Gasteiger partial charge in [0.15, 0.2) is 0 Å². The molecule has 1 saturated carbocycles. The monoisotopic (exact) mass is 170 g/mol. The number of aliphatic carboxylic acids is 1. The Balaban J connectivity index is 2.23. The molecule has 0 bridgehead atoms. The summed E-state index contributed by atoms with van der Waals surface area (Å²) < 4.78 is 5.46. The summed E-state index contributed by atoms with van der Waals surface area (Å²) in [5.74, 6) is -0.712. The minimum atomic E-state index is -0.712.